The predicted octanol–water partition coefficient (Wildman–Crippen LogP) is 2.35. The minimum absolute atomic E-state index is 0.0805. The van der Waals surface area contributed by atoms with Crippen LogP contribution in [0.15, 0.2) is 36.4 Å². The highest BCUT2D eigenvalue weighted by Gasteiger charge is 2.27. The Morgan fingerprint density at radius 1 is 1.07 bits per heavy atom. The molecular weight excluding hydrogens is 404 g/mol. The van der Waals surface area contributed by atoms with Crippen molar-refractivity contribution in [3.05, 3.63) is 63.7 Å². The largest absolute Gasteiger partial charge is 0.362 e. The van der Waals surface area contributed by atoms with Crippen molar-refractivity contribution in [1.29, 1.82) is 0 Å². The smallest absolute Gasteiger partial charge is 0.322 e. The normalized spacial score (nSPS) is 13.7. The van der Waals surface area contributed by atoms with Crippen LogP contribution in [0.3, 0.4) is 0 Å². The zero-order valence-corrected chi connectivity index (χ0v) is 15.5. The van der Waals surface area contributed by atoms with E-state index in [-0.39, 0.29) is 48.8 Å². The number of carbonyl (C=O) groups is 2. The summed E-state index contributed by atoms with van der Waals surface area (Å²) in [5, 5.41) is 22.4. The van der Waals surface area contributed by atoms with Crippen LogP contribution in [0.2, 0.25) is 0 Å². The van der Waals surface area contributed by atoms with Crippen molar-refractivity contribution in [3.8, 4) is 0 Å². The first-order chi connectivity index (χ1) is 14.3. The highest BCUT2D eigenvalue weighted by molar-refractivity contribution is 5.95. The zero-order valence-electron chi connectivity index (χ0n) is 15.5. The number of carbonyl (C=O) groups excluding carboxylic acids is 2. The second kappa shape index (κ2) is 8.69. The highest BCUT2D eigenvalue weighted by Crippen LogP contribution is 2.30. The van der Waals surface area contributed by atoms with Crippen molar-refractivity contribution < 1.29 is 28.5 Å². The molecule has 3 N–H and O–H groups in total. The van der Waals surface area contributed by atoms with Gasteiger partial charge in [0.15, 0.2) is 0 Å². The molecule has 0 saturated carbocycles. The Morgan fingerprint density at radius 3 is 2.40 bits per heavy atom. The molecule has 0 aromatic heterocycles. The molecule has 0 radical (unpaired) electrons. The number of nitro groups is 1. The van der Waals surface area contributed by atoms with Gasteiger partial charge in [-0.2, -0.15) is 0 Å². The summed E-state index contributed by atoms with van der Waals surface area (Å²) < 4.78 is 27.0. The number of nitrogens with zero attached hydrogens (tertiary/aromatic N) is 3. The van der Waals surface area contributed by atoms with Gasteiger partial charge in [0.1, 0.15) is 17.3 Å². The first-order valence-electron chi connectivity index (χ1n) is 8.79. The lowest BCUT2D eigenvalue weighted by molar-refractivity contribution is -0.384. The van der Waals surface area contributed by atoms with Gasteiger partial charge in [0, 0.05) is 43.9 Å². The van der Waals surface area contributed by atoms with Gasteiger partial charge >= 0.3 is 6.03 Å². The van der Waals surface area contributed by atoms with Crippen LogP contribution < -0.4 is 15.7 Å². The third-order valence-electron chi connectivity index (χ3n) is 4.61. The molecule has 2 aromatic carbocycles. The predicted molar refractivity (Wildman–Crippen MR) is 102 cm³/mol. The molecule has 0 spiro atoms. The molecule has 0 atom stereocenters. The molecule has 1 aliphatic rings. The molecule has 1 aliphatic heterocycles. The molecule has 3 rings (SSSR count). The second-order valence-corrected chi connectivity index (χ2v) is 6.43. The first-order valence-corrected chi connectivity index (χ1v) is 8.79. The number of anilines is 2. The van der Waals surface area contributed by atoms with Crippen molar-refractivity contribution in [3.63, 3.8) is 0 Å². The third kappa shape index (κ3) is 4.43. The number of urea groups is 1. The van der Waals surface area contributed by atoms with E-state index in [0.717, 1.165) is 24.3 Å². The molecule has 0 bridgehead atoms. The van der Waals surface area contributed by atoms with E-state index >= 15 is 0 Å². The molecule has 1 heterocycles. The van der Waals surface area contributed by atoms with Gasteiger partial charge in [-0.25, -0.2) is 19.1 Å². The van der Waals surface area contributed by atoms with Gasteiger partial charge in [0.2, 0.25) is 0 Å². The van der Waals surface area contributed by atoms with E-state index in [1.807, 2.05) is 0 Å². The van der Waals surface area contributed by atoms with E-state index in [2.05, 4.69) is 5.32 Å². The number of rotatable bonds is 4. The standard InChI is InChI=1S/C18H17F2N5O5/c19-12-2-3-13(20)14(10-12)21-18(27)24-7-5-23(6-8-24)15-4-1-11(17(26)22-28)9-16(15)25(29)30/h1-4,9-10,28H,5-8H2,(H,21,27)(H,22,26). The molecule has 3 amide bonds. The number of amides is 3. The summed E-state index contributed by atoms with van der Waals surface area (Å²) in [4.78, 5) is 37.6. The minimum atomic E-state index is -0.879. The fourth-order valence-corrected chi connectivity index (χ4v) is 3.08. The van der Waals surface area contributed by atoms with Crippen molar-refractivity contribution in [2.24, 2.45) is 0 Å². The number of benzene rings is 2. The lowest BCUT2D eigenvalue weighted by atomic mass is 10.1. The van der Waals surface area contributed by atoms with Crippen LogP contribution in [-0.2, 0) is 0 Å². The zero-order chi connectivity index (χ0) is 21.8. The average Bonchev–Trinajstić information content (AvgIpc) is 2.75. The van der Waals surface area contributed by atoms with Crippen LogP contribution in [0.4, 0.5) is 30.6 Å². The van der Waals surface area contributed by atoms with E-state index in [4.69, 9.17) is 5.21 Å². The van der Waals surface area contributed by atoms with Gasteiger partial charge < -0.3 is 15.1 Å². The summed E-state index contributed by atoms with van der Waals surface area (Å²) in [6.45, 7) is 0.842. The fourth-order valence-electron chi connectivity index (χ4n) is 3.08. The van der Waals surface area contributed by atoms with Crippen LogP contribution in [0.5, 0.6) is 0 Å². The fraction of sp³-hybridized carbons (Fsp3) is 0.222. The monoisotopic (exact) mass is 421 g/mol. The van der Waals surface area contributed by atoms with E-state index in [1.165, 1.54) is 22.5 Å². The maximum atomic E-state index is 13.7. The van der Waals surface area contributed by atoms with Crippen LogP contribution in [0, 0.1) is 21.7 Å². The van der Waals surface area contributed by atoms with Gasteiger partial charge in [-0.15, -0.1) is 0 Å². The molecule has 12 heteroatoms. The summed E-state index contributed by atoms with van der Waals surface area (Å²) in [5.74, 6) is -2.34. The average molecular weight is 421 g/mol. The van der Waals surface area contributed by atoms with E-state index < -0.39 is 28.5 Å². The van der Waals surface area contributed by atoms with E-state index in [1.54, 1.807) is 4.90 Å². The van der Waals surface area contributed by atoms with Gasteiger partial charge in [0.25, 0.3) is 11.6 Å². The molecular formula is C18H17F2N5O5. The first kappa shape index (κ1) is 20.9. The number of hydroxylamine groups is 1. The topological polar surface area (TPSA) is 128 Å². The Bertz CT molecular complexity index is 995. The van der Waals surface area contributed by atoms with Gasteiger partial charge in [-0.1, -0.05) is 0 Å². The van der Waals surface area contributed by atoms with Crippen molar-refractivity contribution >= 4 is 29.0 Å². The molecule has 1 saturated heterocycles. The summed E-state index contributed by atoms with van der Waals surface area (Å²) in [7, 11) is 0. The van der Waals surface area contributed by atoms with Crippen molar-refractivity contribution in [2.45, 2.75) is 0 Å². The maximum absolute atomic E-state index is 13.7. The molecule has 158 valence electrons. The quantitative estimate of drug-likeness (QED) is 0.395. The third-order valence-corrected chi connectivity index (χ3v) is 4.61. The van der Waals surface area contributed by atoms with Gasteiger partial charge in [-0.05, 0) is 24.3 Å². The van der Waals surface area contributed by atoms with E-state index in [9.17, 15) is 28.5 Å². The molecule has 0 unspecified atom stereocenters. The van der Waals surface area contributed by atoms with Crippen molar-refractivity contribution in [1.82, 2.24) is 10.4 Å². The molecule has 30 heavy (non-hydrogen) atoms. The number of hydrogen-bond donors (Lipinski definition) is 3. The Hall–Kier alpha value is -3.80. The van der Waals surface area contributed by atoms with Gasteiger partial charge in [0.05, 0.1) is 10.6 Å². The lowest BCUT2D eigenvalue weighted by Gasteiger charge is -2.35. The summed E-state index contributed by atoms with van der Waals surface area (Å²) in [5.41, 5.74) is 0.985. The number of nitro benzene ring substituents is 1. The van der Waals surface area contributed by atoms with Crippen LogP contribution in [0.1, 0.15) is 10.4 Å². The Labute approximate surface area is 168 Å². The highest BCUT2D eigenvalue weighted by atomic mass is 19.1. The molecule has 2 aromatic rings. The molecule has 0 aliphatic carbocycles. The number of piperazine rings is 1. The molecule has 1 fully saturated rings. The number of nitrogens with one attached hydrogen (secondary N) is 2. The van der Waals surface area contributed by atoms with Crippen LogP contribution in [0.25, 0.3) is 0 Å². The van der Waals surface area contributed by atoms with E-state index in [0.29, 0.717) is 0 Å². The Morgan fingerprint density at radius 2 is 1.77 bits per heavy atom. The summed E-state index contributed by atoms with van der Waals surface area (Å²) >= 11 is 0. The van der Waals surface area contributed by atoms with Gasteiger partial charge in [-0.3, -0.25) is 20.1 Å². The second-order valence-electron chi connectivity index (χ2n) is 6.43. The van der Waals surface area contributed by atoms with Crippen LogP contribution in [-0.4, -0.2) is 53.1 Å². The van der Waals surface area contributed by atoms with Crippen molar-refractivity contribution in [2.75, 3.05) is 36.4 Å². The molecule has 10 nitrogen and oxygen atoms in total. The summed E-state index contributed by atoms with van der Waals surface area (Å²) in [6, 6.07) is 5.86. The lowest BCUT2D eigenvalue weighted by Crippen LogP contribution is -2.50. The minimum Gasteiger partial charge on any atom is -0.362 e. The number of halogens is 2. The SMILES string of the molecule is O=C(NO)c1ccc(N2CCN(C(=O)Nc3cc(F)ccc3F)CC2)c([N+](=O)[O-])c1. The Balaban J connectivity index is 1.69. The Kier molecular flexibility index (Phi) is 6.06. The maximum Gasteiger partial charge on any atom is 0.322 e. The van der Waals surface area contributed by atoms with Crippen LogP contribution >= 0.6 is 0 Å². The summed E-state index contributed by atoms with van der Waals surface area (Å²) in [6.07, 6.45) is 0. The number of hydrogen-bond acceptors (Lipinski definition) is 6.